The second kappa shape index (κ2) is 3.37. The van der Waals surface area contributed by atoms with Gasteiger partial charge in [-0.1, -0.05) is 11.6 Å². The van der Waals surface area contributed by atoms with Crippen molar-refractivity contribution >= 4 is 29.1 Å². The molecule has 11 heavy (non-hydrogen) atoms. The van der Waals surface area contributed by atoms with Gasteiger partial charge in [0.15, 0.2) is 0 Å². The van der Waals surface area contributed by atoms with Crippen LogP contribution in [0.5, 0.6) is 0 Å². The highest BCUT2D eigenvalue weighted by Gasteiger charge is 2.01. The predicted molar refractivity (Wildman–Crippen MR) is 52.4 cm³/mol. The van der Waals surface area contributed by atoms with E-state index in [0.717, 1.165) is 21.2 Å². The fourth-order valence-electron chi connectivity index (χ4n) is 0.886. The van der Waals surface area contributed by atoms with Gasteiger partial charge >= 0.3 is 0 Å². The zero-order chi connectivity index (χ0) is 8.43. The van der Waals surface area contributed by atoms with Crippen LogP contribution < -0.4 is 5.73 Å². The molecule has 0 spiro atoms. The molecule has 2 N–H and O–H groups in total. The van der Waals surface area contributed by atoms with Gasteiger partial charge in [0, 0.05) is 15.6 Å². The molecule has 0 aliphatic rings. The maximum atomic E-state index is 5.90. The first-order valence-electron chi connectivity index (χ1n) is 3.24. The highest BCUT2D eigenvalue weighted by atomic mass is 35.5. The van der Waals surface area contributed by atoms with E-state index in [0.29, 0.717) is 0 Å². The number of thioether (sulfide) groups is 1. The van der Waals surface area contributed by atoms with Crippen LogP contribution in [0.1, 0.15) is 5.56 Å². The topological polar surface area (TPSA) is 26.0 Å². The molecule has 3 heteroatoms. The Labute approximate surface area is 75.9 Å². The van der Waals surface area contributed by atoms with E-state index in [4.69, 9.17) is 17.3 Å². The zero-order valence-corrected chi connectivity index (χ0v) is 8.09. The fourth-order valence-corrected chi connectivity index (χ4v) is 1.84. The Bertz CT molecular complexity index is 273. The number of nitrogen functional groups attached to an aromatic ring is 1. The van der Waals surface area contributed by atoms with E-state index < -0.39 is 0 Å². The second-order valence-corrected chi connectivity index (χ2v) is 3.59. The third-order valence-electron chi connectivity index (χ3n) is 1.54. The van der Waals surface area contributed by atoms with Crippen molar-refractivity contribution in [3.05, 3.63) is 22.7 Å². The third kappa shape index (κ3) is 1.82. The number of rotatable bonds is 1. The van der Waals surface area contributed by atoms with Crippen molar-refractivity contribution in [3.8, 4) is 0 Å². The molecule has 0 aliphatic heterocycles. The molecule has 1 aromatic rings. The Hall–Kier alpha value is -0.340. The van der Waals surface area contributed by atoms with Crippen LogP contribution in [0, 0.1) is 6.92 Å². The number of hydrogen-bond donors (Lipinski definition) is 1. The van der Waals surface area contributed by atoms with Gasteiger partial charge in [-0.05, 0) is 30.9 Å². The zero-order valence-electron chi connectivity index (χ0n) is 6.52. The van der Waals surface area contributed by atoms with Crippen molar-refractivity contribution < 1.29 is 0 Å². The van der Waals surface area contributed by atoms with Crippen LogP contribution in [0.2, 0.25) is 5.02 Å². The van der Waals surface area contributed by atoms with Crippen LogP contribution in [0.25, 0.3) is 0 Å². The minimum absolute atomic E-state index is 0.727. The molecule has 0 radical (unpaired) electrons. The third-order valence-corrected chi connectivity index (χ3v) is 2.80. The van der Waals surface area contributed by atoms with E-state index in [1.165, 1.54) is 0 Å². The first kappa shape index (κ1) is 8.75. The van der Waals surface area contributed by atoms with Crippen LogP contribution in [-0.4, -0.2) is 6.26 Å². The van der Waals surface area contributed by atoms with Gasteiger partial charge in [-0.15, -0.1) is 11.8 Å². The van der Waals surface area contributed by atoms with Crippen LogP contribution in [-0.2, 0) is 0 Å². The number of benzene rings is 1. The number of halogens is 1. The Morgan fingerprint density at radius 3 is 2.64 bits per heavy atom. The quantitative estimate of drug-likeness (QED) is 0.541. The predicted octanol–water partition coefficient (Wildman–Crippen LogP) is 2.95. The van der Waals surface area contributed by atoms with E-state index in [1.807, 2.05) is 19.2 Å². The normalized spacial score (nSPS) is 10.1. The van der Waals surface area contributed by atoms with E-state index >= 15 is 0 Å². The molecular formula is C8H10ClNS. The summed E-state index contributed by atoms with van der Waals surface area (Å²) in [4.78, 5) is 1.15. The van der Waals surface area contributed by atoms with Gasteiger partial charge in [0.2, 0.25) is 0 Å². The molecule has 0 aromatic heterocycles. The summed E-state index contributed by atoms with van der Waals surface area (Å²) in [5, 5.41) is 0.745. The summed E-state index contributed by atoms with van der Waals surface area (Å²) in [6, 6.07) is 3.71. The second-order valence-electron chi connectivity index (χ2n) is 2.33. The smallest absolute Gasteiger partial charge is 0.0466 e. The molecule has 0 aliphatic carbocycles. The molecule has 0 atom stereocenters. The molecule has 0 amide bonds. The average Bonchev–Trinajstić information content (AvgIpc) is 1.96. The molecule has 0 bridgehead atoms. The summed E-state index contributed by atoms with van der Waals surface area (Å²) < 4.78 is 0. The van der Waals surface area contributed by atoms with Crippen LogP contribution in [0.3, 0.4) is 0 Å². The number of anilines is 1. The molecule has 1 rings (SSSR count). The van der Waals surface area contributed by atoms with Gasteiger partial charge in [0.1, 0.15) is 0 Å². The van der Waals surface area contributed by atoms with Crippen LogP contribution in [0.15, 0.2) is 17.0 Å². The molecule has 0 fully saturated rings. The van der Waals surface area contributed by atoms with Crippen LogP contribution in [0.4, 0.5) is 5.69 Å². The van der Waals surface area contributed by atoms with Gasteiger partial charge in [-0.3, -0.25) is 0 Å². The van der Waals surface area contributed by atoms with Gasteiger partial charge in [-0.25, -0.2) is 0 Å². The van der Waals surface area contributed by atoms with Crippen molar-refractivity contribution in [2.75, 3.05) is 12.0 Å². The van der Waals surface area contributed by atoms with Gasteiger partial charge in [0.25, 0.3) is 0 Å². The molecular weight excluding hydrogens is 178 g/mol. The summed E-state index contributed by atoms with van der Waals surface area (Å²) in [5.74, 6) is 0. The Morgan fingerprint density at radius 1 is 1.45 bits per heavy atom. The minimum atomic E-state index is 0.727. The lowest BCUT2D eigenvalue weighted by molar-refractivity contribution is 1.31. The van der Waals surface area contributed by atoms with E-state index in [9.17, 15) is 0 Å². The highest BCUT2D eigenvalue weighted by molar-refractivity contribution is 7.98. The molecule has 1 nitrogen and oxygen atoms in total. The molecule has 0 heterocycles. The Kier molecular flexibility index (Phi) is 2.68. The SMILES string of the molecule is CSc1cc(N)cc(Cl)c1C. The maximum Gasteiger partial charge on any atom is 0.0466 e. The van der Waals surface area contributed by atoms with Crippen molar-refractivity contribution in [2.45, 2.75) is 11.8 Å². The lowest BCUT2D eigenvalue weighted by Crippen LogP contribution is -1.88. The van der Waals surface area contributed by atoms with Gasteiger partial charge in [-0.2, -0.15) is 0 Å². The summed E-state index contributed by atoms with van der Waals surface area (Å²) >= 11 is 7.56. The van der Waals surface area contributed by atoms with Crippen molar-refractivity contribution in [2.24, 2.45) is 0 Å². The van der Waals surface area contributed by atoms with Crippen LogP contribution >= 0.6 is 23.4 Å². The molecule has 0 saturated carbocycles. The molecule has 1 aromatic carbocycles. The summed E-state index contributed by atoms with van der Waals surface area (Å²) in [6.07, 6.45) is 2.01. The minimum Gasteiger partial charge on any atom is -0.399 e. The first-order chi connectivity index (χ1) is 5.15. The maximum absolute atomic E-state index is 5.90. The first-order valence-corrected chi connectivity index (χ1v) is 4.85. The monoisotopic (exact) mass is 187 g/mol. The van der Waals surface area contributed by atoms with E-state index in [2.05, 4.69) is 0 Å². The van der Waals surface area contributed by atoms with E-state index in [1.54, 1.807) is 17.8 Å². The van der Waals surface area contributed by atoms with Gasteiger partial charge in [0.05, 0.1) is 0 Å². The lowest BCUT2D eigenvalue weighted by atomic mass is 10.2. The average molecular weight is 188 g/mol. The number of nitrogens with two attached hydrogens (primary N) is 1. The van der Waals surface area contributed by atoms with Crippen molar-refractivity contribution in [3.63, 3.8) is 0 Å². The van der Waals surface area contributed by atoms with Crippen molar-refractivity contribution in [1.82, 2.24) is 0 Å². The standard InChI is InChI=1S/C8H10ClNS/c1-5-7(9)3-6(10)4-8(5)11-2/h3-4H,10H2,1-2H3. The summed E-state index contributed by atoms with van der Waals surface area (Å²) in [6.45, 7) is 1.99. The molecule has 0 unspecified atom stereocenters. The fraction of sp³-hybridized carbons (Fsp3) is 0.250. The lowest BCUT2D eigenvalue weighted by Gasteiger charge is -2.05. The Morgan fingerprint density at radius 2 is 2.09 bits per heavy atom. The molecule has 60 valence electrons. The van der Waals surface area contributed by atoms with E-state index in [-0.39, 0.29) is 0 Å². The van der Waals surface area contributed by atoms with Gasteiger partial charge < -0.3 is 5.73 Å². The summed E-state index contributed by atoms with van der Waals surface area (Å²) in [5.41, 5.74) is 7.44. The number of hydrogen-bond acceptors (Lipinski definition) is 2. The molecule has 0 saturated heterocycles. The highest BCUT2D eigenvalue weighted by Crippen LogP contribution is 2.28. The Balaban J connectivity index is 3.24. The largest absolute Gasteiger partial charge is 0.399 e. The van der Waals surface area contributed by atoms with Crippen molar-refractivity contribution in [1.29, 1.82) is 0 Å². The summed E-state index contributed by atoms with van der Waals surface area (Å²) in [7, 11) is 0.